The molecule has 0 radical (unpaired) electrons. The maximum atomic E-state index is 6.22. The summed E-state index contributed by atoms with van der Waals surface area (Å²) in [6.45, 7) is 8.09. The summed E-state index contributed by atoms with van der Waals surface area (Å²) in [5.74, 6) is 2.60. The van der Waals surface area contributed by atoms with Crippen molar-refractivity contribution in [1.29, 1.82) is 0 Å². The zero-order valence-electron chi connectivity index (χ0n) is 14.0. The first-order valence-electron chi connectivity index (χ1n) is 8.19. The van der Waals surface area contributed by atoms with E-state index in [0.717, 1.165) is 57.3 Å². The lowest BCUT2D eigenvalue weighted by atomic mass is 9.94. The van der Waals surface area contributed by atoms with E-state index in [2.05, 4.69) is 30.0 Å². The lowest BCUT2D eigenvalue weighted by Crippen LogP contribution is -2.44. The molecular formula is C17H28N2O3. The lowest BCUT2D eigenvalue weighted by molar-refractivity contribution is -0.0566. The van der Waals surface area contributed by atoms with Crippen molar-refractivity contribution < 1.29 is 13.9 Å². The number of nitrogens with zero attached hydrogens (tertiary/aromatic N) is 2. The maximum absolute atomic E-state index is 6.22. The summed E-state index contributed by atoms with van der Waals surface area (Å²) in [4.78, 5) is 4.65. The van der Waals surface area contributed by atoms with Crippen LogP contribution in [0.25, 0.3) is 0 Å². The van der Waals surface area contributed by atoms with E-state index in [1.807, 2.05) is 13.0 Å². The largest absolute Gasteiger partial charge is 0.465 e. The third kappa shape index (κ3) is 3.90. The van der Waals surface area contributed by atoms with E-state index in [-0.39, 0.29) is 5.60 Å². The molecular weight excluding hydrogens is 280 g/mol. The van der Waals surface area contributed by atoms with Gasteiger partial charge < -0.3 is 18.8 Å². The van der Waals surface area contributed by atoms with Crippen molar-refractivity contribution in [1.82, 2.24) is 9.80 Å². The summed E-state index contributed by atoms with van der Waals surface area (Å²) in [7, 11) is 4.25. The Morgan fingerprint density at radius 1 is 1.36 bits per heavy atom. The minimum Gasteiger partial charge on any atom is -0.465 e. The van der Waals surface area contributed by atoms with Gasteiger partial charge >= 0.3 is 0 Å². The van der Waals surface area contributed by atoms with Crippen molar-refractivity contribution in [3.8, 4) is 0 Å². The fraction of sp³-hybridized carbons (Fsp3) is 0.765. The molecule has 2 atom stereocenters. The molecule has 0 bridgehead atoms. The number of aryl methyl sites for hydroxylation is 1. The second-order valence-corrected chi connectivity index (χ2v) is 7.10. The second kappa shape index (κ2) is 6.71. The predicted octanol–water partition coefficient (Wildman–Crippen LogP) is 1.76. The zero-order valence-corrected chi connectivity index (χ0v) is 14.0. The number of ether oxygens (including phenoxy) is 2. The molecule has 1 aromatic heterocycles. The van der Waals surface area contributed by atoms with Crippen LogP contribution in [0.5, 0.6) is 0 Å². The minimum absolute atomic E-state index is 0.140. The van der Waals surface area contributed by atoms with Crippen LogP contribution < -0.4 is 0 Å². The van der Waals surface area contributed by atoms with Gasteiger partial charge in [0.2, 0.25) is 0 Å². The SMILES string of the molecule is Cc1ccc(CN2CCOC[C@]3(C[C@@H](CN(C)C)CO3)C2)o1. The quantitative estimate of drug-likeness (QED) is 0.847. The normalized spacial score (nSPS) is 30.3. The number of hydrogen-bond donors (Lipinski definition) is 0. The van der Waals surface area contributed by atoms with Crippen LogP contribution >= 0.6 is 0 Å². The van der Waals surface area contributed by atoms with E-state index in [4.69, 9.17) is 13.9 Å². The van der Waals surface area contributed by atoms with Gasteiger partial charge in [-0.25, -0.2) is 0 Å². The van der Waals surface area contributed by atoms with Gasteiger partial charge in [0, 0.05) is 19.6 Å². The Bertz CT molecular complexity index is 488. The number of hydrogen-bond acceptors (Lipinski definition) is 5. The standard InChI is InChI=1S/C17H28N2O3/c1-14-4-5-16(22-14)10-19-6-7-20-13-17(12-19)8-15(11-21-17)9-18(2)3/h4-5,15H,6-13H2,1-3H3/t15-,17-/m0/s1. The molecule has 0 saturated carbocycles. The van der Waals surface area contributed by atoms with E-state index >= 15 is 0 Å². The summed E-state index contributed by atoms with van der Waals surface area (Å²) in [5.41, 5.74) is -0.140. The van der Waals surface area contributed by atoms with Gasteiger partial charge in [0.15, 0.2) is 0 Å². The molecule has 5 nitrogen and oxygen atoms in total. The van der Waals surface area contributed by atoms with Crippen LogP contribution in [-0.4, -0.2) is 69.0 Å². The van der Waals surface area contributed by atoms with Crippen LogP contribution in [0.1, 0.15) is 17.9 Å². The monoisotopic (exact) mass is 308 g/mol. The van der Waals surface area contributed by atoms with Crippen molar-refractivity contribution in [2.75, 3.05) is 53.6 Å². The van der Waals surface area contributed by atoms with Crippen molar-refractivity contribution in [2.24, 2.45) is 5.92 Å². The average Bonchev–Trinajstić information content (AvgIpc) is 2.95. The molecule has 0 aromatic carbocycles. The van der Waals surface area contributed by atoms with E-state index in [9.17, 15) is 0 Å². The smallest absolute Gasteiger partial charge is 0.118 e. The average molecular weight is 308 g/mol. The van der Waals surface area contributed by atoms with E-state index in [1.165, 1.54) is 0 Å². The van der Waals surface area contributed by atoms with Crippen LogP contribution in [0.2, 0.25) is 0 Å². The van der Waals surface area contributed by atoms with Gasteiger partial charge in [-0.15, -0.1) is 0 Å². The highest BCUT2D eigenvalue weighted by atomic mass is 16.5. The topological polar surface area (TPSA) is 38.1 Å². The Balaban J connectivity index is 1.62. The first-order chi connectivity index (χ1) is 10.5. The Labute approximate surface area is 133 Å². The second-order valence-electron chi connectivity index (χ2n) is 7.10. The molecule has 3 rings (SSSR count). The van der Waals surface area contributed by atoms with Crippen LogP contribution in [-0.2, 0) is 16.0 Å². The third-order valence-corrected chi connectivity index (χ3v) is 4.51. The Morgan fingerprint density at radius 2 is 2.23 bits per heavy atom. The van der Waals surface area contributed by atoms with Gasteiger partial charge in [0.1, 0.15) is 17.1 Å². The van der Waals surface area contributed by atoms with Gasteiger partial charge in [-0.05, 0) is 45.5 Å². The number of rotatable bonds is 4. The van der Waals surface area contributed by atoms with Crippen molar-refractivity contribution in [3.63, 3.8) is 0 Å². The summed E-state index contributed by atoms with van der Waals surface area (Å²) >= 11 is 0. The van der Waals surface area contributed by atoms with Gasteiger partial charge in [0.05, 0.1) is 26.4 Å². The fourth-order valence-corrected chi connectivity index (χ4v) is 3.69. The van der Waals surface area contributed by atoms with Gasteiger partial charge in [-0.2, -0.15) is 0 Å². The first kappa shape index (κ1) is 16.0. The Morgan fingerprint density at radius 3 is 2.95 bits per heavy atom. The van der Waals surface area contributed by atoms with Gasteiger partial charge in [-0.3, -0.25) is 4.90 Å². The Hall–Kier alpha value is -0.880. The van der Waals surface area contributed by atoms with Crippen LogP contribution in [0.4, 0.5) is 0 Å². The van der Waals surface area contributed by atoms with E-state index in [1.54, 1.807) is 0 Å². The molecule has 2 saturated heterocycles. The predicted molar refractivity (Wildman–Crippen MR) is 84.9 cm³/mol. The van der Waals surface area contributed by atoms with Crippen molar-refractivity contribution in [3.05, 3.63) is 23.7 Å². The molecule has 124 valence electrons. The Kier molecular flexibility index (Phi) is 4.88. The minimum atomic E-state index is -0.140. The summed E-state index contributed by atoms with van der Waals surface area (Å²) < 4.78 is 17.8. The molecule has 1 aromatic rings. The van der Waals surface area contributed by atoms with Gasteiger partial charge in [0.25, 0.3) is 0 Å². The molecule has 2 aliphatic rings. The summed E-state index contributed by atoms with van der Waals surface area (Å²) in [6.07, 6.45) is 1.08. The molecule has 22 heavy (non-hydrogen) atoms. The van der Waals surface area contributed by atoms with Crippen molar-refractivity contribution in [2.45, 2.75) is 25.5 Å². The molecule has 2 aliphatic heterocycles. The van der Waals surface area contributed by atoms with E-state index < -0.39 is 0 Å². The molecule has 3 heterocycles. The lowest BCUT2D eigenvalue weighted by Gasteiger charge is -2.30. The highest BCUT2D eigenvalue weighted by Gasteiger charge is 2.43. The van der Waals surface area contributed by atoms with E-state index in [0.29, 0.717) is 12.5 Å². The maximum Gasteiger partial charge on any atom is 0.118 e. The summed E-state index contributed by atoms with van der Waals surface area (Å²) in [6, 6.07) is 4.09. The molecule has 0 unspecified atom stereocenters. The molecule has 2 fully saturated rings. The van der Waals surface area contributed by atoms with Crippen LogP contribution in [0, 0.1) is 12.8 Å². The summed E-state index contributed by atoms with van der Waals surface area (Å²) in [5, 5.41) is 0. The highest BCUT2D eigenvalue weighted by Crippen LogP contribution is 2.33. The zero-order chi connectivity index (χ0) is 15.6. The highest BCUT2D eigenvalue weighted by molar-refractivity contribution is 5.06. The number of furan rings is 1. The molecule has 0 N–H and O–H groups in total. The molecule has 0 amide bonds. The molecule has 5 heteroatoms. The molecule has 1 spiro atoms. The first-order valence-corrected chi connectivity index (χ1v) is 8.19. The van der Waals surface area contributed by atoms with Crippen molar-refractivity contribution >= 4 is 0 Å². The van der Waals surface area contributed by atoms with Gasteiger partial charge in [-0.1, -0.05) is 0 Å². The molecule has 0 aliphatic carbocycles. The third-order valence-electron chi connectivity index (χ3n) is 4.51. The van der Waals surface area contributed by atoms with Crippen LogP contribution in [0.3, 0.4) is 0 Å². The fourth-order valence-electron chi connectivity index (χ4n) is 3.69. The van der Waals surface area contributed by atoms with Crippen LogP contribution in [0.15, 0.2) is 16.5 Å².